The molecule has 0 saturated carbocycles. The predicted molar refractivity (Wildman–Crippen MR) is 43.5 cm³/mol. The van der Waals surface area contributed by atoms with Gasteiger partial charge in [0.25, 0.3) is 7.48 Å². The molecule has 11 heavy (non-hydrogen) atoms. The molecular formula is C6H14BNO3. The summed E-state index contributed by atoms with van der Waals surface area (Å²) in [6, 6.07) is 0. The van der Waals surface area contributed by atoms with Crippen LogP contribution in [-0.2, 0) is 9.45 Å². The Morgan fingerprint density at radius 2 is 2.27 bits per heavy atom. The first-order chi connectivity index (χ1) is 5.09. The highest BCUT2D eigenvalue weighted by Gasteiger charge is 2.22. The summed E-state index contributed by atoms with van der Waals surface area (Å²) in [5, 5.41) is 8.65. The van der Waals surface area contributed by atoms with Crippen molar-refractivity contribution >= 4 is 13.5 Å². The molecular weight excluding hydrogens is 145 g/mol. The van der Waals surface area contributed by atoms with Crippen LogP contribution in [0.15, 0.2) is 0 Å². The van der Waals surface area contributed by atoms with Gasteiger partial charge in [-0.05, 0) is 5.92 Å². The SMILES string of the molecule is CC(C)[C@@H](BOCN)C(=O)O. The maximum Gasteiger partial charge on any atom is 0.301 e. The normalized spacial score (nSPS) is 13.1. The Labute approximate surface area is 67.0 Å². The summed E-state index contributed by atoms with van der Waals surface area (Å²) in [5.41, 5.74) is 5.06. The van der Waals surface area contributed by atoms with E-state index in [-0.39, 0.29) is 20.1 Å². The molecule has 0 radical (unpaired) electrons. The molecule has 0 heterocycles. The lowest BCUT2D eigenvalue weighted by Gasteiger charge is -2.13. The van der Waals surface area contributed by atoms with Gasteiger partial charge in [0, 0.05) is 0 Å². The fraction of sp³-hybridized carbons (Fsp3) is 0.833. The molecule has 4 nitrogen and oxygen atoms in total. The van der Waals surface area contributed by atoms with E-state index in [0.717, 1.165) is 0 Å². The molecule has 0 spiro atoms. The lowest BCUT2D eigenvalue weighted by Crippen LogP contribution is -2.23. The third-order valence-corrected chi connectivity index (χ3v) is 1.54. The van der Waals surface area contributed by atoms with E-state index >= 15 is 0 Å². The first-order valence-corrected chi connectivity index (χ1v) is 3.60. The third kappa shape index (κ3) is 4.00. The topological polar surface area (TPSA) is 72.5 Å². The highest BCUT2D eigenvalue weighted by atomic mass is 16.4. The molecule has 0 aromatic rings. The van der Waals surface area contributed by atoms with Gasteiger partial charge in [-0.1, -0.05) is 13.8 Å². The van der Waals surface area contributed by atoms with Crippen molar-refractivity contribution in [3.05, 3.63) is 0 Å². The number of carboxylic acids is 1. The van der Waals surface area contributed by atoms with Gasteiger partial charge < -0.3 is 15.5 Å². The second kappa shape index (κ2) is 5.15. The van der Waals surface area contributed by atoms with Crippen molar-refractivity contribution in [1.82, 2.24) is 0 Å². The third-order valence-electron chi connectivity index (χ3n) is 1.54. The van der Waals surface area contributed by atoms with Gasteiger partial charge in [0.15, 0.2) is 0 Å². The number of rotatable bonds is 5. The fourth-order valence-corrected chi connectivity index (χ4v) is 0.744. The van der Waals surface area contributed by atoms with Crippen LogP contribution in [0.1, 0.15) is 13.8 Å². The van der Waals surface area contributed by atoms with Crippen LogP contribution >= 0.6 is 0 Å². The van der Waals surface area contributed by atoms with Gasteiger partial charge in [-0.3, -0.25) is 4.79 Å². The van der Waals surface area contributed by atoms with Crippen LogP contribution in [0.5, 0.6) is 0 Å². The average molecular weight is 159 g/mol. The van der Waals surface area contributed by atoms with E-state index in [4.69, 9.17) is 15.5 Å². The molecule has 64 valence electrons. The average Bonchev–Trinajstić information content (AvgIpc) is 1.87. The van der Waals surface area contributed by atoms with Crippen LogP contribution in [0.25, 0.3) is 0 Å². The van der Waals surface area contributed by atoms with E-state index < -0.39 is 11.8 Å². The molecule has 0 saturated heterocycles. The van der Waals surface area contributed by atoms with Crippen molar-refractivity contribution < 1.29 is 14.6 Å². The molecule has 0 aromatic heterocycles. The summed E-state index contributed by atoms with van der Waals surface area (Å²) in [6.07, 6.45) is 0. The van der Waals surface area contributed by atoms with Gasteiger partial charge in [0.1, 0.15) is 0 Å². The second-order valence-electron chi connectivity index (χ2n) is 2.73. The maximum absolute atomic E-state index is 10.5. The summed E-state index contributed by atoms with van der Waals surface area (Å²) >= 11 is 0. The van der Waals surface area contributed by atoms with E-state index in [1.807, 2.05) is 13.8 Å². The smallest absolute Gasteiger partial charge is 0.301 e. The summed E-state index contributed by atoms with van der Waals surface area (Å²) in [5.74, 6) is -1.19. The number of carbonyl (C=O) groups is 1. The zero-order valence-corrected chi connectivity index (χ0v) is 6.91. The molecule has 0 rings (SSSR count). The number of hydrogen-bond donors (Lipinski definition) is 2. The summed E-state index contributed by atoms with van der Waals surface area (Å²) in [6.45, 7) is 3.77. The van der Waals surface area contributed by atoms with E-state index in [1.54, 1.807) is 0 Å². The van der Waals surface area contributed by atoms with Crippen LogP contribution in [0, 0.1) is 5.92 Å². The first-order valence-electron chi connectivity index (χ1n) is 3.60. The summed E-state index contributed by atoms with van der Waals surface area (Å²) in [4.78, 5) is 10.5. The van der Waals surface area contributed by atoms with Gasteiger partial charge in [0.05, 0.1) is 12.5 Å². The highest BCUT2D eigenvalue weighted by Crippen LogP contribution is 2.15. The zero-order valence-electron chi connectivity index (χ0n) is 6.91. The minimum Gasteiger partial charge on any atom is -0.481 e. The lowest BCUT2D eigenvalue weighted by atomic mass is 9.72. The Morgan fingerprint density at radius 3 is 2.55 bits per heavy atom. The largest absolute Gasteiger partial charge is 0.481 e. The Hall–Kier alpha value is -0.545. The van der Waals surface area contributed by atoms with E-state index in [9.17, 15) is 4.79 Å². The Balaban J connectivity index is 3.80. The number of hydrogen-bond acceptors (Lipinski definition) is 3. The van der Waals surface area contributed by atoms with Crippen molar-refractivity contribution in [3.8, 4) is 0 Å². The van der Waals surface area contributed by atoms with E-state index in [0.29, 0.717) is 0 Å². The monoisotopic (exact) mass is 159 g/mol. The van der Waals surface area contributed by atoms with Crippen LogP contribution in [0.2, 0.25) is 5.82 Å². The molecule has 0 unspecified atom stereocenters. The Bertz CT molecular complexity index is 129. The minimum atomic E-state index is -0.826. The quantitative estimate of drug-likeness (QED) is 0.430. The number of aliphatic carboxylic acids is 1. The van der Waals surface area contributed by atoms with E-state index in [2.05, 4.69) is 0 Å². The fourth-order valence-electron chi connectivity index (χ4n) is 0.744. The lowest BCUT2D eigenvalue weighted by molar-refractivity contribution is -0.138. The summed E-state index contributed by atoms with van der Waals surface area (Å²) in [7, 11) is 0.198. The number of carboxylic acid groups (broad SMARTS) is 1. The number of nitrogens with two attached hydrogens (primary N) is 1. The Kier molecular flexibility index (Phi) is 4.90. The van der Waals surface area contributed by atoms with Gasteiger partial charge in [-0.25, -0.2) is 0 Å². The van der Waals surface area contributed by atoms with Crippen molar-refractivity contribution in [2.24, 2.45) is 11.7 Å². The van der Waals surface area contributed by atoms with Crippen LogP contribution in [0.4, 0.5) is 0 Å². The van der Waals surface area contributed by atoms with Crippen molar-refractivity contribution in [1.29, 1.82) is 0 Å². The van der Waals surface area contributed by atoms with Crippen LogP contribution in [-0.4, -0.2) is 25.3 Å². The molecule has 0 aliphatic heterocycles. The summed E-state index contributed by atoms with van der Waals surface area (Å²) < 4.78 is 4.82. The molecule has 1 atom stereocenters. The molecule has 0 aromatic carbocycles. The van der Waals surface area contributed by atoms with Crippen molar-refractivity contribution in [2.75, 3.05) is 6.73 Å². The predicted octanol–water partition coefficient (Wildman–Crippen LogP) is -0.200. The van der Waals surface area contributed by atoms with Crippen molar-refractivity contribution in [2.45, 2.75) is 19.7 Å². The molecule has 5 heteroatoms. The van der Waals surface area contributed by atoms with E-state index in [1.165, 1.54) is 0 Å². The first kappa shape index (κ1) is 10.5. The van der Waals surface area contributed by atoms with Gasteiger partial charge in [0.2, 0.25) is 0 Å². The second-order valence-corrected chi connectivity index (χ2v) is 2.73. The zero-order chi connectivity index (χ0) is 8.85. The van der Waals surface area contributed by atoms with Gasteiger partial charge in [-0.2, -0.15) is 0 Å². The molecule has 0 bridgehead atoms. The van der Waals surface area contributed by atoms with Gasteiger partial charge in [-0.15, -0.1) is 0 Å². The standard InChI is InChI=1S/C6H14BNO3/c1-4(2)5(6(9)10)7-11-3-8/h4-5,7H,3,8H2,1-2H3,(H,9,10)/t5-/m1/s1. The van der Waals surface area contributed by atoms with Crippen molar-refractivity contribution in [3.63, 3.8) is 0 Å². The molecule has 0 aliphatic rings. The minimum absolute atomic E-state index is 0.0799. The molecule has 0 fully saturated rings. The molecule has 0 amide bonds. The maximum atomic E-state index is 10.5. The molecule has 0 aliphatic carbocycles. The highest BCUT2D eigenvalue weighted by molar-refractivity contribution is 6.36. The van der Waals surface area contributed by atoms with Crippen LogP contribution < -0.4 is 5.73 Å². The Morgan fingerprint density at radius 1 is 1.73 bits per heavy atom. The van der Waals surface area contributed by atoms with Gasteiger partial charge >= 0.3 is 5.97 Å². The van der Waals surface area contributed by atoms with Crippen LogP contribution in [0.3, 0.4) is 0 Å². The molecule has 3 N–H and O–H groups in total.